The summed E-state index contributed by atoms with van der Waals surface area (Å²) in [4.78, 5) is 18.4. The molecule has 0 atom stereocenters. The molecule has 0 aromatic carbocycles. The summed E-state index contributed by atoms with van der Waals surface area (Å²) in [6.45, 7) is 9.18. The lowest BCUT2D eigenvalue weighted by molar-refractivity contribution is -0.120. The average Bonchev–Trinajstić information content (AvgIpc) is 2.52. The number of amides is 1. The van der Waals surface area contributed by atoms with Gasteiger partial charge in [-0.15, -0.1) is 0 Å². The largest absolute Gasteiger partial charge is 0.383 e. The number of piperidine rings is 1. The summed E-state index contributed by atoms with van der Waals surface area (Å²) >= 11 is 0. The molecule has 1 fully saturated rings. The van der Waals surface area contributed by atoms with E-state index in [1.54, 1.807) is 14.2 Å². The van der Waals surface area contributed by atoms with E-state index in [-0.39, 0.29) is 12.5 Å². The number of guanidine groups is 1. The number of rotatable bonds is 8. The van der Waals surface area contributed by atoms with Crippen molar-refractivity contribution in [2.24, 2.45) is 10.9 Å². The van der Waals surface area contributed by atoms with Crippen molar-refractivity contribution in [2.45, 2.75) is 32.7 Å². The Morgan fingerprint density at radius 2 is 2.00 bits per heavy atom. The summed E-state index contributed by atoms with van der Waals surface area (Å²) in [5.74, 6) is 1.34. The van der Waals surface area contributed by atoms with Crippen molar-refractivity contribution in [2.75, 3.05) is 53.5 Å². The summed E-state index contributed by atoms with van der Waals surface area (Å²) in [5, 5.41) is 9.24. The molecule has 1 aliphatic heterocycles. The SMILES string of the molecule is CN=C(NCC(=O)NCCOC)NC1CCN(CC(C)C)CC1. The molecule has 0 spiro atoms. The quantitative estimate of drug-likeness (QED) is 0.333. The number of carbonyl (C=O) groups excluding carboxylic acids is 1. The highest BCUT2D eigenvalue weighted by atomic mass is 16.5. The van der Waals surface area contributed by atoms with Gasteiger partial charge in [0.05, 0.1) is 13.2 Å². The van der Waals surface area contributed by atoms with Gasteiger partial charge in [0.1, 0.15) is 0 Å². The summed E-state index contributed by atoms with van der Waals surface area (Å²) in [7, 11) is 3.34. The van der Waals surface area contributed by atoms with Gasteiger partial charge in [-0.1, -0.05) is 13.8 Å². The van der Waals surface area contributed by atoms with E-state index < -0.39 is 0 Å². The van der Waals surface area contributed by atoms with Crippen molar-refractivity contribution in [3.8, 4) is 0 Å². The zero-order valence-electron chi connectivity index (χ0n) is 15.0. The minimum Gasteiger partial charge on any atom is -0.383 e. The normalized spacial score (nSPS) is 17.3. The van der Waals surface area contributed by atoms with E-state index in [1.165, 1.54) is 6.54 Å². The lowest BCUT2D eigenvalue weighted by Gasteiger charge is -2.33. The van der Waals surface area contributed by atoms with Gasteiger partial charge in [-0.05, 0) is 18.8 Å². The highest BCUT2D eigenvalue weighted by Crippen LogP contribution is 2.11. The number of ether oxygens (including phenoxy) is 1. The highest BCUT2D eigenvalue weighted by Gasteiger charge is 2.20. The molecular formula is C16H33N5O2. The third kappa shape index (κ3) is 8.76. The van der Waals surface area contributed by atoms with Crippen LogP contribution < -0.4 is 16.0 Å². The van der Waals surface area contributed by atoms with Gasteiger partial charge in [0.25, 0.3) is 0 Å². The van der Waals surface area contributed by atoms with Crippen LogP contribution >= 0.6 is 0 Å². The number of likely N-dealkylation sites (tertiary alicyclic amines) is 1. The van der Waals surface area contributed by atoms with Gasteiger partial charge in [0, 0.05) is 46.4 Å². The van der Waals surface area contributed by atoms with E-state index in [0.717, 1.165) is 25.9 Å². The lowest BCUT2D eigenvalue weighted by Crippen LogP contribution is -2.50. The van der Waals surface area contributed by atoms with Crippen LogP contribution in [-0.4, -0.2) is 76.3 Å². The van der Waals surface area contributed by atoms with E-state index in [0.29, 0.717) is 31.1 Å². The smallest absolute Gasteiger partial charge is 0.239 e. The van der Waals surface area contributed by atoms with Crippen molar-refractivity contribution in [3.05, 3.63) is 0 Å². The van der Waals surface area contributed by atoms with E-state index in [2.05, 4.69) is 39.7 Å². The molecule has 1 amide bonds. The molecule has 7 nitrogen and oxygen atoms in total. The number of aliphatic imine (C=N–C) groups is 1. The first-order valence-corrected chi connectivity index (χ1v) is 8.50. The number of carbonyl (C=O) groups is 1. The summed E-state index contributed by atoms with van der Waals surface area (Å²) < 4.78 is 4.90. The molecule has 0 aliphatic carbocycles. The fourth-order valence-corrected chi connectivity index (χ4v) is 2.68. The van der Waals surface area contributed by atoms with Gasteiger partial charge >= 0.3 is 0 Å². The molecule has 1 rings (SSSR count). The molecule has 0 aromatic rings. The van der Waals surface area contributed by atoms with Crippen LogP contribution in [0.2, 0.25) is 0 Å². The predicted octanol–water partition coefficient (Wildman–Crippen LogP) is 0.0344. The number of nitrogens with one attached hydrogen (secondary N) is 3. The Morgan fingerprint density at radius 1 is 1.30 bits per heavy atom. The Morgan fingerprint density at radius 3 is 2.57 bits per heavy atom. The minimum atomic E-state index is -0.0586. The van der Waals surface area contributed by atoms with E-state index in [4.69, 9.17) is 4.74 Å². The molecule has 3 N–H and O–H groups in total. The molecule has 1 saturated heterocycles. The van der Waals surface area contributed by atoms with Crippen molar-refractivity contribution in [1.29, 1.82) is 0 Å². The first kappa shape index (κ1) is 19.7. The van der Waals surface area contributed by atoms with Crippen LogP contribution in [0.1, 0.15) is 26.7 Å². The van der Waals surface area contributed by atoms with Crippen LogP contribution in [0.25, 0.3) is 0 Å². The van der Waals surface area contributed by atoms with E-state index in [9.17, 15) is 4.79 Å². The van der Waals surface area contributed by atoms with Crippen molar-refractivity contribution in [3.63, 3.8) is 0 Å². The van der Waals surface area contributed by atoms with Crippen molar-refractivity contribution < 1.29 is 9.53 Å². The number of hydrogen-bond donors (Lipinski definition) is 3. The van der Waals surface area contributed by atoms with Gasteiger partial charge in [-0.3, -0.25) is 9.79 Å². The van der Waals surface area contributed by atoms with Crippen LogP contribution in [0, 0.1) is 5.92 Å². The van der Waals surface area contributed by atoms with Crippen LogP contribution in [0.4, 0.5) is 0 Å². The minimum absolute atomic E-state index is 0.0586. The van der Waals surface area contributed by atoms with Crippen molar-refractivity contribution in [1.82, 2.24) is 20.9 Å². The third-order valence-corrected chi connectivity index (χ3v) is 3.82. The lowest BCUT2D eigenvalue weighted by atomic mass is 10.0. The summed E-state index contributed by atoms with van der Waals surface area (Å²) in [5.41, 5.74) is 0. The standard InChI is InChI=1S/C16H33N5O2/c1-13(2)12-21-8-5-14(6-9-21)20-16(17-3)19-11-15(22)18-7-10-23-4/h13-14H,5-12H2,1-4H3,(H,18,22)(H2,17,19,20). The number of methoxy groups -OCH3 is 1. The Bertz CT molecular complexity index is 365. The molecule has 0 saturated carbocycles. The highest BCUT2D eigenvalue weighted by molar-refractivity contribution is 5.86. The van der Waals surface area contributed by atoms with Crippen molar-refractivity contribution >= 4 is 11.9 Å². The zero-order chi connectivity index (χ0) is 17.1. The van der Waals surface area contributed by atoms with Gasteiger partial charge in [0.2, 0.25) is 5.91 Å². The Balaban J connectivity index is 2.23. The number of nitrogens with zero attached hydrogens (tertiary/aromatic N) is 2. The van der Waals surface area contributed by atoms with Gasteiger partial charge in [-0.2, -0.15) is 0 Å². The molecule has 23 heavy (non-hydrogen) atoms. The van der Waals surface area contributed by atoms with Crippen LogP contribution in [0.15, 0.2) is 4.99 Å². The Kier molecular flexibility index (Phi) is 9.63. The summed E-state index contributed by atoms with van der Waals surface area (Å²) in [6, 6.07) is 0.418. The fraction of sp³-hybridized carbons (Fsp3) is 0.875. The first-order valence-electron chi connectivity index (χ1n) is 8.50. The third-order valence-electron chi connectivity index (χ3n) is 3.82. The van der Waals surface area contributed by atoms with Crippen LogP contribution in [-0.2, 0) is 9.53 Å². The maximum Gasteiger partial charge on any atom is 0.239 e. The second-order valence-electron chi connectivity index (χ2n) is 6.38. The average molecular weight is 327 g/mol. The van der Waals surface area contributed by atoms with Gasteiger partial charge in [0.15, 0.2) is 5.96 Å². The maximum absolute atomic E-state index is 11.7. The van der Waals surface area contributed by atoms with Crippen LogP contribution in [0.3, 0.4) is 0 Å². The topological polar surface area (TPSA) is 78.0 Å². The molecule has 1 aliphatic rings. The molecule has 134 valence electrons. The fourth-order valence-electron chi connectivity index (χ4n) is 2.68. The molecule has 0 radical (unpaired) electrons. The predicted molar refractivity (Wildman–Crippen MR) is 93.7 cm³/mol. The van der Waals surface area contributed by atoms with E-state index in [1.807, 2.05) is 0 Å². The van der Waals surface area contributed by atoms with E-state index >= 15 is 0 Å². The first-order chi connectivity index (χ1) is 11.0. The second-order valence-corrected chi connectivity index (χ2v) is 6.38. The molecule has 0 bridgehead atoms. The van der Waals surface area contributed by atoms with Gasteiger partial charge in [-0.25, -0.2) is 0 Å². The molecule has 1 heterocycles. The zero-order valence-corrected chi connectivity index (χ0v) is 15.0. The van der Waals surface area contributed by atoms with Gasteiger partial charge < -0.3 is 25.6 Å². The Labute approximate surface area is 140 Å². The summed E-state index contributed by atoms with van der Waals surface area (Å²) in [6.07, 6.45) is 2.21. The molecule has 0 aromatic heterocycles. The molecule has 0 unspecified atom stereocenters. The van der Waals surface area contributed by atoms with Crippen LogP contribution in [0.5, 0.6) is 0 Å². The molecule has 7 heteroatoms. The monoisotopic (exact) mass is 327 g/mol. The maximum atomic E-state index is 11.7. The molecular weight excluding hydrogens is 294 g/mol. The number of hydrogen-bond acceptors (Lipinski definition) is 4. The second kappa shape index (κ2) is 11.2. The Hall–Kier alpha value is -1.34.